The maximum Gasteiger partial charge on any atom is 0.316 e. The van der Waals surface area contributed by atoms with Gasteiger partial charge in [-0.25, -0.2) is 0 Å². The summed E-state index contributed by atoms with van der Waals surface area (Å²) in [5.74, 6) is 0.438. The zero-order valence-electron chi connectivity index (χ0n) is 17.1. The van der Waals surface area contributed by atoms with Crippen molar-refractivity contribution in [3.8, 4) is 11.6 Å². The summed E-state index contributed by atoms with van der Waals surface area (Å²) in [4.78, 5) is 19.2. The van der Waals surface area contributed by atoms with Gasteiger partial charge in [-0.15, -0.1) is 0 Å². The lowest BCUT2D eigenvalue weighted by atomic mass is 10.1. The summed E-state index contributed by atoms with van der Waals surface area (Å²) < 4.78 is 11.0. The Balaban J connectivity index is 1.35. The van der Waals surface area contributed by atoms with E-state index in [0.717, 1.165) is 36.0 Å². The van der Waals surface area contributed by atoms with Gasteiger partial charge in [-0.05, 0) is 52.3 Å². The van der Waals surface area contributed by atoms with E-state index in [1.165, 1.54) is 25.7 Å². The van der Waals surface area contributed by atoms with E-state index in [1.807, 2.05) is 31.2 Å². The minimum atomic E-state index is -0.347. The van der Waals surface area contributed by atoms with E-state index in [-0.39, 0.29) is 11.8 Å². The standard InChI is InChI=1S/C22H28N4O3/c1-15(26-13-7-3-4-8-14-26)11-12-23-21(27)22-24-20(25-29-22)19-16(2)17-9-5-6-10-18(17)28-19/h5-6,9-10,15H,3-4,7-8,11-14H2,1-2H3,(H,23,27)/t15-/m0/s1. The van der Waals surface area contributed by atoms with E-state index in [2.05, 4.69) is 27.3 Å². The second-order valence-corrected chi connectivity index (χ2v) is 7.82. The summed E-state index contributed by atoms with van der Waals surface area (Å²) in [5.41, 5.74) is 1.69. The van der Waals surface area contributed by atoms with Crippen LogP contribution in [-0.4, -0.2) is 46.6 Å². The van der Waals surface area contributed by atoms with Gasteiger partial charge in [0.05, 0.1) is 0 Å². The maximum absolute atomic E-state index is 12.4. The second-order valence-electron chi connectivity index (χ2n) is 7.82. The molecule has 1 N–H and O–H groups in total. The summed E-state index contributed by atoms with van der Waals surface area (Å²) in [6.45, 7) is 7.06. The minimum absolute atomic E-state index is 0.0396. The highest BCUT2D eigenvalue weighted by Crippen LogP contribution is 2.31. The van der Waals surface area contributed by atoms with Crippen LogP contribution < -0.4 is 5.32 Å². The number of benzene rings is 1. The first-order chi connectivity index (χ1) is 14.1. The van der Waals surface area contributed by atoms with Crippen LogP contribution in [0.1, 0.15) is 55.3 Å². The molecule has 0 saturated carbocycles. The monoisotopic (exact) mass is 396 g/mol. The van der Waals surface area contributed by atoms with Crippen molar-refractivity contribution in [2.24, 2.45) is 0 Å². The van der Waals surface area contributed by atoms with E-state index >= 15 is 0 Å². The fourth-order valence-corrected chi connectivity index (χ4v) is 3.98. The Kier molecular flexibility index (Phi) is 5.94. The third-order valence-corrected chi connectivity index (χ3v) is 5.78. The van der Waals surface area contributed by atoms with Crippen LogP contribution in [0.15, 0.2) is 33.2 Å². The van der Waals surface area contributed by atoms with Crippen molar-refractivity contribution in [1.82, 2.24) is 20.4 Å². The number of hydrogen-bond donors (Lipinski definition) is 1. The smallest absolute Gasteiger partial charge is 0.316 e. The molecule has 1 aliphatic heterocycles. The topological polar surface area (TPSA) is 84.4 Å². The molecule has 29 heavy (non-hydrogen) atoms. The second kappa shape index (κ2) is 8.78. The van der Waals surface area contributed by atoms with Gasteiger partial charge < -0.3 is 19.2 Å². The molecule has 0 bridgehead atoms. The summed E-state index contributed by atoms with van der Waals surface area (Å²) in [7, 11) is 0. The Morgan fingerprint density at radius 1 is 1.21 bits per heavy atom. The number of nitrogens with zero attached hydrogens (tertiary/aromatic N) is 3. The minimum Gasteiger partial charge on any atom is -0.452 e. The van der Waals surface area contributed by atoms with Crippen LogP contribution >= 0.6 is 0 Å². The number of fused-ring (bicyclic) bond motifs is 1. The van der Waals surface area contributed by atoms with E-state index < -0.39 is 0 Å². The van der Waals surface area contributed by atoms with E-state index in [9.17, 15) is 4.79 Å². The molecule has 7 heteroatoms. The van der Waals surface area contributed by atoms with Gasteiger partial charge in [-0.3, -0.25) is 4.79 Å². The Labute approximate surface area is 170 Å². The van der Waals surface area contributed by atoms with Crippen LogP contribution in [0.5, 0.6) is 0 Å². The average molecular weight is 396 g/mol. The average Bonchev–Trinajstić information content (AvgIpc) is 3.23. The number of aryl methyl sites for hydroxylation is 1. The van der Waals surface area contributed by atoms with Crippen LogP contribution in [-0.2, 0) is 0 Å². The number of rotatable bonds is 6. The van der Waals surface area contributed by atoms with Crippen molar-refractivity contribution in [2.45, 2.75) is 52.0 Å². The van der Waals surface area contributed by atoms with Gasteiger partial charge in [0.1, 0.15) is 5.58 Å². The fourth-order valence-electron chi connectivity index (χ4n) is 3.98. The van der Waals surface area contributed by atoms with Crippen LogP contribution in [0.4, 0.5) is 0 Å². The van der Waals surface area contributed by atoms with Gasteiger partial charge in [-0.1, -0.05) is 36.2 Å². The van der Waals surface area contributed by atoms with Crippen LogP contribution in [0.25, 0.3) is 22.6 Å². The molecule has 1 amide bonds. The maximum atomic E-state index is 12.4. The highest BCUT2D eigenvalue weighted by Gasteiger charge is 2.21. The third-order valence-electron chi connectivity index (χ3n) is 5.78. The van der Waals surface area contributed by atoms with Crippen molar-refractivity contribution in [2.75, 3.05) is 19.6 Å². The van der Waals surface area contributed by atoms with Gasteiger partial charge in [0, 0.05) is 23.5 Å². The largest absolute Gasteiger partial charge is 0.452 e. The molecule has 154 valence electrons. The molecule has 0 unspecified atom stereocenters. The zero-order valence-corrected chi connectivity index (χ0v) is 17.1. The third kappa shape index (κ3) is 4.34. The molecule has 1 atom stereocenters. The van der Waals surface area contributed by atoms with Gasteiger partial charge >= 0.3 is 11.8 Å². The lowest BCUT2D eigenvalue weighted by Gasteiger charge is -2.27. The van der Waals surface area contributed by atoms with Crippen molar-refractivity contribution >= 4 is 16.9 Å². The van der Waals surface area contributed by atoms with Gasteiger partial charge in [0.25, 0.3) is 0 Å². The Morgan fingerprint density at radius 3 is 2.72 bits per heavy atom. The summed E-state index contributed by atoms with van der Waals surface area (Å²) in [5, 5.41) is 7.84. The van der Waals surface area contributed by atoms with Crippen molar-refractivity contribution in [1.29, 1.82) is 0 Å². The Morgan fingerprint density at radius 2 is 1.97 bits per heavy atom. The molecule has 1 aliphatic rings. The predicted octanol–water partition coefficient (Wildman–Crippen LogP) is 4.18. The Bertz CT molecular complexity index is 970. The SMILES string of the molecule is Cc1c(-c2noc(C(=O)NCC[C@H](C)N3CCCCCC3)n2)oc2ccccc12. The molecular formula is C22H28N4O3. The lowest BCUT2D eigenvalue weighted by molar-refractivity contribution is 0.0904. The van der Waals surface area contributed by atoms with E-state index in [0.29, 0.717) is 24.2 Å². The van der Waals surface area contributed by atoms with Crippen molar-refractivity contribution in [3.63, 3.8) is 0 Å². The molecule has 0 aliphatic carbocycles. The van der Waals surface area contributed by atoms with E-state index in [4.69, 9.17) is 8.94 Å². The first kappa shape index (κ1) is 19.6. The number of likely N-dealkylation sites (tertiary alicyclic amines) is 1. The number of amides is 1. The van der Waals surface area contributed by atoms with Crippen LogP contribution in [0, 0.1) is 6.92 Å². The number of nitrogens with one attached hydrogen (secondary N) is 1. The molecule has 1 saturated heterocycles. The first-order valence-corrected chi connectivity index (χ1v) is 10.5. The summed E-state index contributed by atoms with van der Waals surface area (Å²) >= 11 is 0. The van der Waals surface area contributed by atoms with Gasteiger partial charge in [0.15, 0.2) is 5.76 Å². The van der Waals surface area contributed by atoms with Crippen molar-refractivity contribution < 1.29 is 13.7 Å². The number of hydrogen-bond acceptors (Lipinski definition) is 6. The van der Waals surface area contributed by atoms with Gasteiger partial charge in [0.2, 0.25) is 5.82 Å². The molecule has 1 aromatic carbocycles. The first-order valence-electron chi connectivity index (χ1n) is 10.5. The Hall–Kier alpha value is -2.67. The number of carbonyl (C=O) groups is 1. The number of para-hydroxylation sites is 1. The number of carbonyl (C=O) groups excluding carboxylic acids is 1. The van der Waals surface area contributed by atoms with Crippen molar-refractivity contribution in [3.05, 3.63) is 35.7 Å². The molecule has 4 rings (SSSR count). The number of furan rings is 1. The molecule has 0 spiro atoms. The zero-order chi connectivity index (χ0) is 20.2. The lowest BCUT2D eigenvalue weighted by Crippen LogP contribution is -2.37. The molecule has 1 fully saturated rings. The van der Waals surface area contributed by atoms with Crippen LogP contribution in [0.3, 0.4) is 0 Å². The summed E-state index contributed by atoms with van der Waals surface area (Å²) in [6, 6.07) is 8.19. The molecule has 2 aromatic heterocycles. The van der Waals surface area contributed by atoms with E-state index in [1.54, 1.807) is 0 Å². The number of aromatic nitrogens is 2. The highest BCUT2D eigenvalue weighted by atomic mass is 16.5. The fraction of sp³-hybridized carbons (Fsp3) is 0.500. The summed E-state index contributed by atoms with van der Waals surface area (Å²) in [6.07, 6.45) is 6.08. The molecule has 0 radical (unpaired) electrons. The van der Waals surface area contributed by atoms with Crippen LogP contribution in [0.2, 0.25) is 0 Å². The molecular weight excluding hydrogens is 368 g/mol. The van der Waals surface area contributed by atoms with Gasteiger partial charge in [-0.2, -0.15) is 4.98 Å². The molecule has 7 nitrogen and oxygen atoms in total. The molecule has 3 heterocycles. The normalized spacial score (nSPS) is 16.6. The highest BCUT2D eigenvalue weighted by molar-refractivity contribution is 5.90. The predicted molar refractivity (Wildman–Crippen MR) is 111 cm³/mol. The molecule has 3 aromatic rings. The quantitative estimate of drug-likeness (QED) is 0.673.